The van der Waals surface area contributed by atoms with Crippen molar-refractivity contribution in [3.05, 3.63) is 47.7 Å². The Morgan fingerprint density at radius 1 is 0.750 bits per heavy atom. The number of carbonyl (C=O) groups is 1. The first kappa shape index (κ1) is 32.5. The van der Waals surface area contributed by atoms with Crippen molar-refractivity contribution in [1.82, 2.24) is 0 Å². The van der Waals surface area contributed by atoms with Crippen LogP contribution in [0.5, 0.6) is 0 Å². The molecular weight excluding hydrogens is 440 g/mol. The van der Waals surface area contributed by atoms with Gasteiger partial charge in [-0.25, -0.2) is 4.79 Å². The maximum Gasteiger partial charge on any atom is 0.343 e. The lowest BCUT2D eigenvalue weighted by Crippen LogP contribution is -2.07. The molecule has 206 valence electrons. The van der Waals surface area contributed by atoms with E-state index in [1.54, 1.807) is 0 Å². The average Bonchev–Trinajstić information content (AvgIpc) is 2.87. The molecule has 0 aliphatic heterocycles. The molecule has 0 aliphatic carbocycles. The van der Waals surface area contributed by atoms with Crippen LogP contribution in [0.3, 0.4) is 0 Å². The molecule has 1 aromatic carbocycles. The number of rotatable bonds is 22. The van der Waals surface area contributed by atoms with E-state index in [0.29, 0.717) is 17.2 Å². The van der Waals surface area contributed by atoms with E-state index < -0.39 is 0 Å². The van der Waals surface area contributed by atoms with Gasteiger partial charge in [0, 0.05) is 6.42 Å². The van der Waals surface area contributed by atoms with Gasteiger partial charge in [0.2, 0.25) is 0 Å². The molecule has 2 atom stereocenters. The molecule has 0 saturated carbocycles. The Kier molecular flexibility index (Phi) is 18.5. The summed E-state index contributed by atoms with van der Waals surface area (Å²) in [4.78, 5) is 12.6. The normalized spacial score (nSPS) is 13.1. The standard InChI is InChI=1S/C34H58O2/c1-7-10-18-30(8-2)19-15-12-16-21-32-24-26-33(27-25-32)34(35)36-29(6)22-23-31(9-3)20-14-11-13-17-28(4)5/h24-28,30-31H,6-23H2,1-5H3. The molecule has 0 amide bonds. The Labute approximate surface area is 224 Å². The molecule has 0 spiro atoms. The lowest BCUT2D eigenvalue weighted by molar-refractivity contribution is 0.0612. The van der Waals surface area contributed by atoms with Gasteiger partial charge in [0.15, 0.2) is 0 Å². The number of ether oxygens (including phenoxy) is 1. The van der Waals surface area contributed by atoms with Gasteiger partial charge in [-0.05, 0) is 54.7 Å². The summed E-state index contributed by atoms with van der Waals surface area (Å²) in [5, 5.41) is 0. The summed E-state index contributed by atoms with van der Waals surface area (Å²) >= 11 is 0. The highest BCUT2D eigenvalue weighted by Gasteiger charge is 2.12. The van der Waals surface area contributed by atoms with Crippen LogP contribution >= 0.6 is 0 Å². The van der Waals surface area contributed by atoms with E-state index in [0.717, 1.165) is 31.1 Å². The van der Waals surface area contributed by atoms with Crippen molar-refractivity contribution < 1.29 is 9.53 Å². The molecule has 0 heterocycles. The zero-order valence-corrected chi connectivity index (χ0v) is 24.6. The van der Waals surface area contributed by atoms with Gasteiger partial charge in [-0.3, -0.25) is 0 Å². The van der Waals surface area contributed by atoms with Crippen molar-refractivity contribution in [2.24, 2.45) is 17.8 Å². The Balaban J connectivity index is 2.27. The molecule has 2 nitrogen and oxygen atoms in total. The zero-order chi connectivity index (χ0) is 26.6. The predicted octanol–water partition coefficient (Wildman–Crippen LogP) is 11.1. The van der Waals surface area contributed by atoms with Gasteiger partial charge in [-0.1, -0.05) is 137 Å². The van der Waals surface area contributed by atoms with Crippen molar-refractivity contribution in [2.75, 3.05) is 0 Å². The molecule has 0 N–H and O–H groups in total. The number of allylic oxidation sites excluding steroid dienone is 1. The molecule has 0 aliphatic rings. The first-order valence-corrected chi connectivity index (χ1v) is 15.4. The van der Waals surface area contributed by atoms with Crippen LogP contribution in [0.2, 0.25) is 0 Å². The summed E-state index contributed by atoms with van der Waals surface area (Å²) in [5.41, 5.74) is 1.93. The molecule has 0 saturated heterocycles. The molecule has 1 aromatic rings. The SMILES string of the molecule is C=C(CCC(CC)CCCCCC(C)C)OC(=O)c1ccc(CCCCCC(CC)CCCC)cc1. The fourth-order valence-corrected chi connectivity index (χ4v) is 5.11. The molecule has 2 unspecified atom stereocenters. The third-order valence-corrected chi connectivity index (χ3v) is 7.85. The smallest absolute Gasteiger partial charge is 0.343 e. The van der Waals surface area contributed by atoms with E-state index in [1.165, 1.54) is 95.5 Å². The molecule has 0 fully saturated rings. The van der Waals surface area contributed by atoms with Crippen LogP contribution in [0.25, 0.3) is 0 Å². The van der Waals surface area contributed by atoms with E-state index >= 15 is 0 Å². The zero-order valence-electron chi connectivity index (χ0n) is 24.6. The highest BCUT2D eigenvalue weighted by Crippen LogP contribution is 2.23. The van der Waals surface area contributed by atoms with Gasteiger partial charge in [-0.15, -0.1) is 0 Å². The number of benzene rings is 1. The molecule has 2 heteroatoms. The van der Waals surface area contributed by atoms with Gasteiger partial charge in [-0.2, -0.15) is 0 Å². The Bertz CT molecular complexity index is 688. The van der Waals surface area contributed by atoms with Crippen molar-refractivity contribution >= 4 is 5.97 Å². The summed E-state index contributed by atoms with van der Waals surface area (Å²) in [7, 11) is 0. The Morgan fingerprint density at radius 2 is 1.31 bits per heavy atom. The van der Waals surface area contributed by atoms with Crippen LogP contribution in [0, 0.1) is 17.8 Å². The van der Waals surface area contributed by atoms with Crippen molar-refractivity contribution in [2.45, 2.75) is 144 Å². The largest absolute Gasteiger partial charge is 0.428 e. The number of hydrogen-bond acceptors (Lipinski definition) is 2. The van der Waals surface area contributed by atoms with E-state index in [-0.39, 0.29) is 5.97 Å². The highest BCUT2D eigenvalue weighted by atomic mass is 16.5. The number of unbranched alkanes of at least 4 members (excludes halogenated alkanes) is 5. The first-order valence-electron chi connectivity index (χ1n) is 15.4. The van der Waals surface area contributed by atoms with Crippen LogP contribution in [-0.4, -0.2) is 5.97 Å². The quantitative estimate of drug-likeness (QED) is 0.0902. The number of aryl methyl sites for hydroxylation is 1. The van der Waals surface area contributed by atoms with Gasteiger partial charge < -0.3 is 4.74 Å². The third kappa shape index (κ3) is 15.5. The summed E-state index contributed by atoms with van der Waals surface area (Å²) in [6, 6.07) is 7.99. The van der Waals surface area contributed by atoms with Crippen molar-refractivity contribution in [1.29, 1.82) is 0 Å². The highest BCUT2D eigenvalue weighted by molar-refractivity contribution is 5.90. The van der Waals surface area contributed by atoms with Gasteiger partial charge in [0.05, 0.1) is 5.56 Å². The van der Waals surface area contributed by atoms with Crippen LogP contribution in [0.15, 0.2) is 36.6 Å². The maximum atomic E-state index is 12.6. The number of carbonyl (C=O) groups excluding carboxylic acids is 1. The summed E-state index contributed by atoms with van der Waals surface area (Å²) in [5.74, 6) is 2.75. The summed E-state index contributed by atoms with van der Waals surface area (Å²) < 4.78 is 5.58. The van der Waals surface area contributed by atoms with Crippen LogP contribution in [-0.2, 0) is 11.2 Å². The molecule has 1 rings (SSSR count). The molecular formula is C34H58O2. The minimum atomic E-state index is -0.272. The van der Waals surface area contributed by atoms with Gasteiger partial charge in [0.25, 0.3) is 0 Å². The Hall–Kier alpha value is -1.57. The number of esters is 1. The van der Waals surface area contributed by atoms with E-state index in [2.05, 4.69) is 53.3 Å². The average molecular weight is 499 g/mol. The third-order valence-electron chi connectivity index (χ3n) is 7.85. The monoisotopic (exact) mass is 498 g/mol. The second-order valence-electron chi connectivity index (χ2n) is 11.5. The molecule has 0 aromatic heterocycles. The summed E-state index contributed by atoms with van der Waals surface area (Å²) in [6.07, 6.45) is 21.3. The molecule has 36 heavy (non-hydrogen) atoms. The predicted molar refractivity (Wildman–Crippen MR) is 157 cm³/mol. The maximum absolute atomic E-state index is 12.6. The van der Waals surface area contributed by atoms with Crippen molar-refractivity contribution in [3.8, 4) is 0 Å². The van der Waals surface area contributed by atoms with Gasteiger partial charge in [0.1, 0.15) is 5.76 Å². The van der Waals surface area contributed by atoms with Crippen LogP contribution in [0.4, 0.5) is 0 Å². The topological polar surface area (TPSA) is 26.3 Å². The molecule has 0 radical (unpaired) electrons. The Morgan fingerprint density at radius 3 is 1.89 bits per heavy atom. The van der Waals surface area contributed by atoms with Crippen molar-refractivity contribution in [3.63, 3.8) is 0 Å². The number of hydrogen-bond donors (Lipinski definition) is 0. The van der Waals surface area contributed by atoms with E-state index in [4.69, 9.17) is 4.74 Å². The van der Waals surface area contributed by atoms with Crippen LogP contribution < -0.4 is 0 Å². The summed E-state index contributed by atoms with van der Waals surface area (Å²) in [6.45, 7) is 15.5. The van der Waals surface area contributed by atoms with Gasteiger partial charge >= 0.3 is 5.97 Å². The second-order valence-corrected chi connectivity index (χ2v) is 11.5. The fraction of sp³-hybridized carbons (Fsp3) is 0.735. The lowest BCUT2D eigenvalue weighted by Gasteiger charge is -2.16. The minimum Gasteiger partial charge on any atom is -0.428 e. The van der Waals surface area contributed by atoms with Crippen LogP contribution in [0.1, 0.15) is 153 Å². The van der Waals surface area contributed by atoms with E-state index in [9.17, 15) is 4.79 Å². The second kappa shape index (κ2) is 20.5. The first-order chi connectivity index (χ1) is 17.4. The minimum absolute atomic E-state index is 0.272. The molecule has 0 bridgehead atoms. The van der Waals surface area contributed by atoms with E-state index in [1.807, 2.05) is 12.1 Å². The fourth-order valence-electron chi connectivity index (χ4n) is 5.11. The lowest BCUT2D eigenvalue weighted by atomic mass is 9.93.